The zero-order valence-corrected chi connectivity index (χ0v) is 17.8. The Kier molecular flexibility index (Phi) is 6.80. The number of carbonyl (C=O) groups is 2. The van der Waals surface area contributed by atoms with Gasteiger partial charge in [-0.1, -0.05) is 60.7 Å². The maximum absolute atomic E-state index is 12.9. The molecule has 3 aromatic carbocycles. The third kappa shape index (κ3) is 5.86. The summed E-state index contributed by atoms with van der Waals surface area (Å²) in [6, 6.07) is 24.8. The van der Waals surface area contributed by atoms with E-state index < -0.39 is 17.9 Å². The number of nitrogens with zero attached hydrogens (tertiary/aromatic N) is 1. The van der Waals surface area contributed by atoms with Gasteiger partial charge in [0, 0.05) is 17.7 Å². The van der Waals surface area contributed by atoms with E-state index in [2.05, 4.69) is 10.3 Å². The molecule has 166 valence electrons. The summed E-state index contributed by atoms with van der Waals surface area (Å²) in [7, 11) is 0. The zero-order chi connectivity index (χ0) is 23.0. The summed E-state index contributed by atoms with van der Waals surface area (Å²) in [6.45, 7) is 0.117. The van der Waals surface area contributed by atoms with Crippen LogP contribution in [0.2, 0.25) is 0 Å². The second-order valence-electron chi connectivity index (χ2n) is 7.47. The van der Waals surface area contributed by atoms with Gasteiger partial charge in [-0.2, -0.15) is 0 Å². The lowest BCUT2D eigenvalue weighted by atomic mass is 10.1. The standard InChI is InChI=1S/C26H23N3O4/c27-21-13-11-20(12-14-21)25-29-23(17-32-25)24(30)28-22(15-18-7-3-1-4-8-18)26(31)33-16-19-9-5-2-6-10-19/h1-14,17,22H,15-16,27H2,(H,28,30). The van der Waals surface area contributed by atoms with Gasteiger partial charge in [-0.3, -0.25) is 4.79 Å². The van der Waals surface area contributed by atoms with Crippen LogP contribution >= 0.6 is 0 Å². The molecule has 4 aromatic rings. The summed E-state index contributed by atoms with van der Waals surface area (Å²) in [6.07, 6.45) is 1.54. The van der Waals surface area contributed by atoms with Crippen LogP contribution in [-0.4, -0.2) is 22.9 Å². The molecule has 1 aromatic heterocycles. The number of hydrogen-bond donors (Lipinski definition) is 2. The van der Waals surface area contributed by atoms with Crippen LogP contribution in [0.3, 0.4) is 0 Å². The minimum absolute atomic E-state index is 0.0655. The number of amides is 1. The zero-order valence-electron chi connectivity index (χ0n) is 17.8. The molecule has 0 spiro atoms. The number of aromatic nitrogens is 1. The number of ether oxygens (including phenoxy) is 1. The van der Waals surface area contributed by atoms with Crippen LogP contribution in [-0.2, 0) is 22.6 Å². The van der Waals surface area contributed by atoms with Gasteiger partial charge in [-0.15, -0.1) is 0 Å². The summed E-state index contributed by atoms with van der Waals surface area (Å²) in [5.41, 5.74) is 8.82. The van der Waals surface area contributed by atoms with Crippen molar-refractivity contribution in [2.75, 3.05) is 5.73 Å². The quantitative estimate of drug-likeness (QED) is 0.316. The Morgan fingerprint density at radius 1 is 0.909 bits per heavy atom. The number of esters is 1. The maximum atomic E-state index is 12.9. The lowest BCUT2D eigenvalue weighted by Crippen LogP contribution is -2.43. The summed E-state index contributed by atoms with van der Waals surface area (Å²) in [4.78, 5) is 30.0. The Hall–Kier alpha value is -4.39. The van der Waals surface area contributed by atoms with E-state index in [1.54, 1.807) is 24.3 Å². The van der Waals surface area contributed by atoms with Crippen LogP contribution in [0.5, 0.6) is 0 Å². The number of benzene rings is 3. The highest BCUT2D eigenvalue weighted by Crippen LogP contribution is 2.20. The monoisotopic (exact) mass is 441 g/mol. The highest BCUT2D eigenvalue weighted by Gasteiger charge is 2.25. The molecule has 1 unspecified atom stereocenters. The molecule has 1 amide bonds. The molecule has 4 rings (SSSR count). The first-order valence-corrected chi connectivity index (χ1v) is 10.5. The second kappa shape index (κ2) is 10.3. The fourth-order valence-corrected chi connectivity index (χ4v) is 3.24. The predicted octanol–water partition coefficient (Wildman–Crippen LogP) is 4.01. The number of nitrogens with one attached hydrogen (secondary N) is 1. The first-order valence-electron chi connectivity index (χ1n) is 10.5. The van der Waals surface area contributed by atoms with E-state index in [0.717, 1.165) is 11.1 Å². The molecule has 0 bridgehead atoms. The maximum Gasteiger partial charge on any atom is 0.329 e. The van der Waals surface area contributed by atoms with Crippen LogP contribution in [0.25, 0.3) is 11.5 Å². The molecule has 1 heterocycles. The molecule has 0 fully saturated rings. The lowest BCUT2D eigenvalue weighted by molar-refractivity contribution is -0.147. The average molecular weight is 441 g/mol. The van der Waals surface area contributed by atoms with Crippen molar-refractivity contribution in [1.29, 1.82) is 0 Å². The fourth-order valence-electron chi connectivity index (χ4n) is 3.24. The number of hydrogen-bond acceptors (Lipinski definition) is 6. The van der Waals surface area contributed by atoms with Gasteiger partial charge in [0.2, 0.25) is 5.89 Å². The first-order chi connectivity index (χ1) is 16.1. The van der Waals surface area contributed by atoms with Crippen LogP contribution < -0.4 is 11.1 Å². The fraction of sp³-hybridized carbons (Fsp3) is 0.115. The Morgan fingerprint density at radius 3 is 2.21 bits per heavy atom. The molecular formula is C26H23N3O4. The van der Waals surface area contributed by atoms with Crippen molar-refractivity contribution < 1.29 is 18.7 Å². The molecule has 0 aliphatic rings. The molecule has 0 radical (unpaired) electrons. The minimum atomic E-state index is -0.889. The molecule has 0 aliphatic heterocycles. The molecule has 7 heteroatoms. The van der Waals surface area contributed by atoms with Crippen LogP contribution in [0.1, 0.15) is 21.6 Å². The SMILES string of the molecule is Nc1ccc(-c2nc(C(=O)NC(Cc3ccccc3)C(=O)OCc3ccccc3)co2)cc1. The van der Waals surface area contributed by atoms with Crippen molar-refractivity contribution in [1.82, 2.24) is 10.3 Å². The van der Waals surface area contributed by atoms with E-state index in [1.165, 1.54) is 6.26 Å². The number of anilines is 1. The van der Waals surface area contributed by atoms with E-state index in [4.69, 9.17) is 14.9 Å². The van der Waals surface area contributed by atoms with E-state index in [9.17, 15) is 9.59 Å². The van der Waals surface area contributed by atoms with Crippen molar-refractivity contribution in [2.45, 2.75) is 19.1 Å². The van der Waals surface area contributed by atoms with Crippen molar-refractivity contribution in [3.63, 3.8) is 0 Å². The van der Waals surface area contributed by atoms with Crippen molar-refractivity contribution in [2.24, 2.45) is 0 Å². The van der Waals surface area contributed by atoms with Gasteiger partial charge in [0.1, 0.15) is 18.9 Å². The molecule has 0 saturated heterocycles. The van der Waals surface area contributed by atoms with Crippen LogP contribution in [0.4, 0.5) is 5.69 Å². The first kappa shape index (κ1) is 21.8. The third-order valence-corrected chi connectivity index (χ3v) is 4.99. The minimum Gasteiger partial charge on any atom is -0.459 e. The van der Waals surface area contributed by atoms with Crippen molar-refractivity contribution in [3.8, 4) is 11.5 Å². The van der Waals surface area contributed by atoms with Gasteiger partial charge in [-0.05, 0) is 35.4 Å². The second-order valence-corrected chi connectivity index (χ2v) is 7.47. The Bertz CT molecular complexity index is 1210. The molecule has 7 nitrogen and oxygen atoms in total. The Labute approximate surface area is 191 Å². The summed E-state index contributed by atoms with van der Waals surface area (Å²) < 4.78 is 10.9. The van der Waals surface area contributed by atoms with E-state index in [0.29, 0.717) is 11.3 Å². The number of rotatable bonds is 8. The highest BCUT2D eigenvalue weighted by molar-refractivity contribution is 5.95. The van der Waals surface area contributed by atoms with Gasteiger partial charge in [0.05, 0.1) is 0 Å². The van der Waals surface area contributed by atoms with Crippen molar-refractivity contribution >= 4 is 17.6 Å². The van der Waals surface area contributed by atoms with E-state index >= 15 is 0 Å². The van der Waals surface area contributed by atoms with E-state index in [-0.39, 0.29) is 24.6 Å². The Balaban J connectivity index is 1.47. The summed E-state index contributed by atoms with van der Waals surface area (Å²) >= 11 is 0. The van der Waals surface area contributed by atoms with Crippen LogP contribution in [0, 0.1) is 0 Å². The molecule has 0 saturated carbocycles. The average Bonchev–Trinajstić information content (AvgIpc) is 3.34. The molecule has 3 N–H and O–H groups in total. The van der Waals surface area contributed by atoms with Gasteiger partial charge in [0.15, 0.2) is 5.69 Å². The number of oxazole rings is 1. The van der Waals surface area contributed by atoms with E-state index in [1.807, 2.05) is 60.7 Å². The largest absolute Gasteiger partial charge is 0.459 e. The van der Waals surface area contributed by atoms with Crippen molar-refractivity contribution in [3.05, 3.63) is 108 Å². The van der Waals surface area contributed by atoms with Gasteiger partial charge >= 0.3 is 5.97 Å². The topological polar surface area (TPSA) is 107 Å². The number of nitrogen functional groups attached to an aromatic ring is 1. The number of carbonyl (C=O) groups excluding carboxylic acids is 2. The summed E-state index contributed by atoms with van der Waals surface area (Å²) in [5, 5.41) is 2.74. The predicted molar refractivity (Wildman–Crippen MR) is 124 cm³/mol. The molecule has 33 heavy (non-hydrogen) atoms. The highest BCUT2D eigenvalue weighted by atomic mass is 16.5. The number of nitrogens with two attached hydrogens (primary N) is 1. The van der Waals surface area contributed by atoms with Gasteiger partial charge < -0.3 is 20.2 Å². The lowest BCUT2D eigenvalue weighted by Gasteiger charge is -2.17. The smallest absolute Gasteiger partial charge is 0.329 e. The van der Waals surface area contributed by atoms with Crippen LogP contribution in [0.15, 0.2) is 95.6 Å². The third-order valence-electron chi connectivity index (χ3n) is 4.99. The Morgan fingerprint density at radius 2 is 1.55 bits per heavy atom. The van der Waals surface area contributed by atoms with Gasteiger partial charge in [-0.25, -0.2) is 9.78 Å². The van der Waals surface area contributed by atoms with Gasteiger partial charge in [0.25, 0.3) is 5.91 Å². The normalized spacial score (nSPS) is 11.5. The molecular weight excluding hydrogens is 418 g/mol. The summed E-state index contributed by atoms with van der Waals surface area (Å²) in [5.74, 6) is -0.775. The molecule has 0 aliphatic carbocycles. The molecule has 1 atom stereocenters.